The minimum Gasteiger partial charge on any atom is -0.491 e. The highest BCUT2D eigenvalue weighted by molar-refractivity contribution is 7.93. The van der Waals surface area contributed by atoms with Crippen LogP contribution >= 0.6 is 0 Å². The second-order valence-electron chi connectivity index (χ2n) is 13.9. The first-order chi connectivity index (χ1) is 24.5. The van der Waals surface area contributed by atoms with Gasteiger partial charge in [-0.25, -0.2) is 16.8 Å². The maximum atomic E-state index is 13.7. The lowest BCUT2D eigenvalue weighted by molar-refractivity contribution is -0.0312. The molecule has 3 aliphatic rings. The zero-order valence-corrected chi connectivity index (χ0v) is 30.6. The molecule has 1 saturated carbocycles. The summed E-state index contributed by atoms with van der Waals surface area (Å²) in [5.41, 5.74) is 2.50. The predicted octanol–water partition coefficient (Wildman–Crippen LogP) is 2.73. The normalized spacial score (nSPS) is 20.7. The average molecular weight is 744 g/mol. The third kappa shape index (κ3) is 8.66. The summed E-state index contributed by atoms with van der Waals surface area (Å²) in [7, 11) is -5.70. The van der Waals surface area contributed by atoms with Crippen LogP contribution in [-0.4, -0.2) is 114 Å². The maximum Gasteiger partial charge on any atom is 0.243 e. The van der Waals surface area contributed by atoms with Crippen molar-refractivity contribution in [2.45, 2.75) is 70.9 Å². The number of hydrogen-bond acceptors (Lipinski definition) is 11. The lowest BCUT2D eigenvalue weighted by atomic mass is 9.88. The van der Waals surface area contributed by atoms with Gasteiger partial charge in [-0.15, -0.1) is 0 Å². The molecule has 51 heavy (non-hydrogen) atoms. The van der Waals surface area contributed by atoms with E-state index in [-0.39, 0.29) is 29.0 Å². The van der Waals surface area contributed by atoms with E-state index < -0.39 is 42.9 Å². The van der Waals surface area contributed by atoms with Crippen LogP contribution in [0.1, 0.15) is 37.7 Å². The number of benzene rings is 3. The molecule has 3 aromatic rings. The molecule has 1 spiro atoms. The predicted molar refractivity (Wildman–Crippen MR) is 193 cm³/mol. The molecule has 278 valence electrons. The Morgan fingerprint density at radius 3 is 2.37 bits per heavy atom. The van der Waals surface area contributed by atoms with Crippen LogP contribution in [-0.2, 0) is 35.9 Å². The van der Waals surface area contributed by atoms with Crippen molar-refractivity contribution in [1.29, 1.82) is 0 Å². The van der Waals surface area contributed by atoms with Crippen LogP contribution in [0.4, 0.5) is 0 Å². The molecule has 14 heteroatoms. The summed E-state index contributed by atoms with van der Waals surface area (Å²) in [5, 5.41) is 26.9. The van der Waals surface area contributed by atoms with Crippen LogP contribution in [0.2, 0.25) is 0 Å². The summed E-state index contributed by atoms with van der Waals surface area (Å²) in [6, 6.07) is 21.4. The van der Waals surface area contributed by atoms with Crippen molar-refractivity contribution < 1.29 is 41.3 Å². The highest BCUT2D eigenvalue weighted by atomic mass is 32.2. The first-order valence-electron chi connectivity index (χ1n) is 17.5. The van der Waals surface area contributed by atoms with Crippen LogP contribution < -0.4 is 15.4 Å². The van der Waals surface area contributed by atoms with E-state index in [9.17, 15) is 27.0 Å². The molecule has 0 aromatic heterocycles. The van der Waals surface area contributed by atoms with Crippen molar-refractivity contribution in [3.8, 4) is 16.9 Å². The van der Waals surface area contributed by atoms with E-state index in [1.807, 2.05) is 30.3 Å². The van der Waals surface area contributed by atoms with Gasteiger partial charge in [-0.3, -0.25) is 0 Å². The highest BCUT2D eigenvalue weighted by Crippen LogP contribution is 2.46. The quantitative estimate of drug-likeness (QED) is 0.151. The summed E-state index contributed by atoms with van der Waals surface area (Å²) in [6.45, 7) is 3.12. The molecule has 12 nitrogen and oxygen atoms in total. The minimum absolute atomic E-state index is 0.00583. The number of hydrogen-bond donors (Lipinski definition) is 4. The summed E-state index contributed by atoms with van der Waals surface area (Å²) in [6.07, 6.45) is 1.88. The zero-order chi connectivity index (χ0) is 36.1. The number of sulfonamides is 1. The lowest BCUT2D eigenvalue weighted by Crippen LogP contribution is -2.47. The largest absolute Gasteiger partial charge is 0.491 e. The number of ether oxygens (including phenoxy) is 3. The molecule has 3 fully saturated rings. The van der Waals surface area contributed by atoms with Gasteiger partial charge in [0.2, 0.25) is 10.0 Å². The van der Waals surface area contributed by atoms with Gasteiger partial charge in [0, 0.05) is 45.9 Å². The standard InChI is InChI=1S/C37H49N3O9S2/c1-47-19-16-38-23-28-8-10-29(11-9-28)30-4-2-7-35(20-30)51(45,46)40-17-14-36(15-18-40)22-31(25-49-36)39-24-32(42)26-48-33-5-3-6-34(21-33)50(43,44)37(27-41)12-13-37/h2-11,20-21,31-32,38-39,41-42H,12-19,22-27H2,1H3/t31-,32-/m0/s1. The molecule has 2 aliphatic heterocycles. The van der Waals surface area contributed by atoms with Crippen molar-refractivity contribution in [3.05, 3.63) is 78.4 Å². The molecular formula is C37H49N3O9S2. The molecule has 2 atom stereocenters. The van der Waals surface area contributed by atoms with Crippen molar-refractivity contribution in [2.75, 3.05) is 59.7 Å². The van der Waals surface area contributed by atoms with E-state index in [1.54, 1.807) is 41.7 Å². The SMILES string of the molecule is COCCNCc1ccc(-c2cccc(S(=O)(=O)N3CCC4(CC3)C[C@H](NC[C@H](O)COc3cccc(S(=O)(=O)C5(CO)CC5)c3)CO4)c2)cc1. The topological polar surface area (TPSA) is 164 Å². The summed E-state index contributed by atoms with van der Waals surface area (Å²) in [5.74, 6) is 0.330. The summed E-state index contributed by atoms with van der Waals surface area (Å²) < 4.78 is 70.8. The smallest absolute Gasteiger partial charge is 0.243 e. The minimum atomic E-state index is -3.70. The molecule has 0 bridgehead atoms. The molecule has 4 N–H and O–H groups in total. The van der Waals surface area contributed by atoms with Gasteiger partial charge in [-0.05, 0) is 79.1 Å². The molecule has 1 aliphatic carbocycles. The van der Waals surface area contributed by atoms with Crippen molar-refractivity contribution in [1.82, 2.24) is 14.9 Å². The van der Waals surface area contributed by atoms with Crippen molar-refractivity contribution in [3.63, 3.8) is 0 Å². The summed E-state index contributed by atoms with van der Waals surface area (Å²) in [4.78, 5) is 0.374. The average Bonchev–Trinajstić information content (AvgIpc) is 3.88. The van der Waals surface area contributed by atoms with Crippen LogP contribution in [0, 0.1) is 0 Å². The second-order valence-corrected chi connectivity index (χ2v) is 18.2. The number of rotatable bonds is 17. The Labute approximate surface area is 301 Å². The fraction of sp³-hybridized carbons (Fsp3) is 0.514. The Morgan fingerprint density at radius 1 is 0.941 bits per heavy atom. The van der Waals surface area contributed by atoms with Gasteiger partial charge in [0.15, 0.2) is 9.84 Å². The lowest BCUT2D eigenvalue weighted by Gasteiger charge is -2.38. The Bertz CT molecular complexity index is 1840. The van der Waals surface area contributed by atoms with Crippen LogP contribution in [0.3, 0.4) is 0 Å². The second kappa shape index (κ2) is 16.0. The fourth-order valence-electron chi connectivity index (χ4n) is 6.85. The third-order valence-corrected chi connectivity index (χ3v) is 14.7. The molecule has 2 heterocycles. The number of nitrogens with zero attached hydrogens (tertiary/aromatic N) is 1. The Hall–Kier alpha value is -2.92. The van der Waals surface area contributed by atoms with Gasteiger partial charge in [-0.2, -0.15) is 4.31 Å². The summed E-state index contributed by atoms with van der Waals surface area (Å²) >= 11 is 0. The molecule has 0 radical (unpaired) electrons. The number of methoxy groups -OCH3 is 1. The number of aliphatic hydroxyl groups excluding tert-OH is 2. The van der Waals surface area contributed by atoms with Crippen LogP contribution in [0.25, 0.3) is 11.1 Å². The molecule has 3 aromatic carbocycles. The van der Waals surface area contributed by atoms with Crippen molar-refractivity contribution >= 4 is 19.9 Å². The zero-order valence-electron chi connectivity index (χ0n) is 29.0. The van der Waals surface area contributed by atoms with Gasteiger partial charge < -0.3 is 35.1 Å². The molecule has 0 amide bonds. The first-order valence-corrected chi connectivity index (χ1v) is 20.4. The van der Waals surface area contributed by atoms with Crippen LogP contribution in [0.5, 0.6) is 5.75 Å². The molecule has 2 saturated heterocycles. The molecular weight excluding hydrogens is 695 g/mol. The van der Waals surface area contributed by atoms with E-state index in [1.165, 1.54) is 12.1 Å². The number of piperidine rings is 1. The Kier molecular flexibility index (Phi) is 11.9. The van der Waals surface area contributed by atoms with Crippen LogP contribution in [0.15, 0.2) is 82.6 Å². The monoisotopic (exact) mass is 743 g/mol. The van der Waals surface area contributed by atoms with Gasteiger partial charge in [0.1, 0.15) is 18.5 Å². The van der Waals surface area contributed by atoms with Gasteiger partial charge in [0.05, 0.1) is 40.0 Å². The Balaban J connectivity index is 0.960. The third-order valence-electron chi connectivity index (χ3n) is 10.3. The van der Waals surface area contributed by atoms with E-state index in [0.29, 0.717) is 64.2 Å². The number of aliphatic hydroxyl groups is 2. The highest BCUT2D eigenvalue weighted by Gasteiger charge is 2.54. The number of sulfone groups is 1. The number of nitrogens with one attached hydrogen (secondary N) is 2. The molecule has 0 unspecified atom stereocenters. The van der Waals surface area contributed by atoms with E-state index >= 15 is 0 Å². The first kappa shape index (κ1) is 37.8. The maximum absolute atomic E-state index is 13.7. The van der Waals surface area contributed by atoms with E-state index in [0.717, 1.165) is 29.8 Å². The van der Waals surface area contributed by atoms with Gasteiger partial charge >= 0.3 is 0 Å². The van der Waals surface area contributed by atoms with E-state index in [4.69, 9.17) is 14.2 Å². The van der Waals surface area contributed by atoms with Gasteiger partial charge in [0.25, 0.3) is 0 Å². The Morgan fingerprint density at radius 2 is 1.67 bits per heavy atom. The van der Waals surface area contributed by atoms with Gasteiger partial charge in [-0.1, -0.05) is 42.5 Å². The van der Waals surface area contributed by atoms with E-state index in [2.05, 4.69) is 10.6 Å². The fourth-order valence-corrected chi connectivity index (χ4v) is 10.2. The molecule has 6 rings (SSSR count). The van der Waals surface area contributed by atoms with Crippen molar-refractivity contribution in [2.24, 2.45) is 0 Å².